The van der Waals surface area contributed by atoms with Gasteiger partial charge >= 0.3 is 0 Å². The third-order valence-electron chi connectivity index (χ3n) is 3.70. The summed E-state index contributed by atoms with van der Waals surface area (Å²) in [5.74, 6) is -0.0387. The summed E-state index contributed by atoms with van der Waals surface area (Å²) in [6.45, 7) is 2.34. The van der Waals surface area contributed by atoms with Gasteiger partial charge in [-0.1, -0.05) is 18.2 Å². The average molecular weight is 286 g/mol. The molecule has 2 rings (SSSR count). The van der Waals surface area contributed by atoms with E-state index >= 15 is 0 Å². The molecule has 21 heavy (non-hydrogen) atoms. The molecule has 0 aliphatic carbocycles. The van der Waals surface area contributed by atoms with E-state index < -0.39 is 0 Å². The number of anilines is 1. The molecule has 112 valence electrons. The Bertz CT molecular complexity index is 491. The van der Waals surface area contributed by atoms with Crippen molar-refractivity contribution < 1.29 is 4.79 Å². The Balaban J connectivity index is 1.93. The highest BCUT2D eigenvalue weighted by molar-refractivity contribution is 5.95. The summed E-state index contributed by atoms with van der Waals surface area (Å²) in [5, 5.41) is 12.4. The first-order chi connectivity index (χ1) is 10.2. The Morgan fingerprint density at radius 2 is 2.19 bits per heavy atom. The monoisotopic (exact) mass is 286 g/mol. The minimum atomic E-state index is -0.0387. The van der Waals surface area contributed by atoms with Crippen LogP contribution in [0.2, 0.25) is 0 Å². The first kappa shape index (κ1) is 15.5. The van der Waals surface area contributed by atoms with Crippen LogP contribution in [0.15, 0.2) is 30.3 Å². The summed E-state index contributed by atoms with van der Waals surface area (Å²) < 4.78 is 0. The predicted molar refractivity (Wildman–Crippen MR) is 82.9 cm³/mol. The number of nitriles is 1. The van der Waals surface area contributed by atoms with E-state index in [0.29, 0.717) is 12.6 Å². The van der Waals surface area contributed by atoms with Crippen molar-refractivity contribution in [3.63, 3.8) is 0 Å². The molecule has 5 heteroatoms. The zero-order valence-electron chi connectivity index (χ0n) is 12.5. The first-order valence-corrected chi connectivity index (χ1v) is 7.35. The molecule has 1 aromatic carbocycles. The third kappa shape index (κ3) is 4.55. The second kappa shape index (κ2) is 7.77. The van der Waals surface area contributed by atoms with Crippen LogP contribution in [0.5, 0.6) is 0 Å². The van der Waals surface area contributed by atoms with Gasteiger partial charge < -0.3 is 5.32 Å². The van der Waals surface area contributed by atoms with Gasteiger partial charge in [0.05, 0.1) is 12.6 Å². The Morgan fingerprint density at radius 3 is 2.81 bits per heavy atom. The van der Waals surface area contributed by atoms with Crippen molar-refractivity contribution in [1.82, 2.24) is 10.2 Å². The van der Waals surface area contributed by atoms with Gasteiger partial charge in [-0.25, -0.2) is 0 Å². The van der Waals surface area contributed by atoms with Crippen LogP contribution in [0.25, 0.3) is 0 Å². The largest absolute Gasteiger partial charge is 0.313 e. The molecule has 1 unspecified atom stereocenters. The fourth-order valence-electron chi connectivity index (χ4n) is 2.67. The van der Waals surface area contributed by atoms with E-state index in [-0.39, 0.29) is 12.5 Å². The van der Waals surface area contributed by atoms with E-state index in [1.54, 1.807) is 4.90 Å². The minimum Gasteiger partial charge on any atom is -0.313 e. The highest BCUT2D eigenvalue weighted by atomic mass is 16.2. The van der Waals surface area contributed by atoms with E-state index in [9.17, 15) is 4.79 Å². The highest BCUT2D eigenvalue weighted by Gasteiger charge is 2.20. The molecule has 1 aliphatic heterocycles. The molecular formula is C16H22N4O. The SMILES string of the molecule is CN(CC(=O)N(CC#N)c1ccccc1)CC1CCCN1. The molecule has 0 bridgehead atoms. The number of benzene rings is 1. The Kier molecular flexibility index (Phi) is 5.73. The summed E-state index contributed by atoms with van der Waals surface area (Å²) in [5.41, 5.74) is 0.774. The molecule has 1 atom stereocenters. The number of carbonyl (C=O) groups is 1. The molecule has 0 aromatic heterocycles. The molecule has 0 radical (unpaired) electrons. The van der Waals surface area contributed by atoms with Crippen LogP contribution < -0.4 is 10.2 Å². The van der Waals surface area contributed by atoms with E-state index in [0.717, 1.165) is 18.8 Å². The van der Waals surface area contributed by atoms with Crippen molar-refractivity contribution in [2.45, 2.75) is 18.9 Å². The van der Waals surface area contributed by atoms with Gasteiger partial charge in [0.25, 0.3) is 0 Å². The fourth-order valence-corrected chi connectivity index (χ4v) is 2.67. The molecule has 0 saturated carbocycles. The maximum Gasteiger partial charge on any atom is 0.242 e. The van der Waals surface area contributed by atoms with Crippen molar-refractivity contribution in [1.29, 1.82) is 5.26 Å². The summed E-state index contributed by atoms with van der Waals surface area (Å²) in [4.78, 5) is 16.0. The smallest absolute Gasteiger partial charge is 0.242 e. The summed E-state index contributed by atoms with van der Waals surface area (Å²) in [7, 11) is 1.95. The first-order valence-electron chi connectivity index (χ1n) is 7.35. The zero-order valence-corrected chi connectivity index (χ0v) is 12.5. The number of likely N-dealkylation sites (N-methyl/N-ethyl adjacent to an activating group) is 1. The van der Waals surface area contributed by atoms with Gasteiger partial charge in [-0.2, -0.15) is 5.26 Å². The Labute approximate surface area is 126 Å². The lowest BCUT2D eigenvalue weighted by molar-refractivity contribution is -0.119. The van der Waals surface area contributed by atoms with Crippen molar-refractivity contribution in [2.75, 3.05) is 38.1 Å². The van der Waals surface area contributed by atoms with Crippen LogP contribution in [0, 0.1) is 11.3 Å². The quantitative estimate of drug-likeness (QED) is 0.799. The molecule has 1 heterocycles. The molecule has 5 nitrogen and oxygen atoms in total. The lowest BCUT2D eigenvalue weighted by Gasteiger charge is -2.25. The van der Waals surface area contributed by atoms with Gasteiger partial charge in [-0.15, -0.1) is 0 Å². The molecular weight excluding hydrogens is 264 g/mol. The second-order valence-electron chi connectivity index (χ2n) is 5.46. The molecule has 0 spiro atoms. The van der Waals surface area contributed by atoms with Crippen molar-refractivity contribution in [3.8, 4) is 6.07 Å². The van der Waals surface area contributed by atoms with Crippen LogP contribution >= 0.6 is 0 Å². The molecule has 1 saturated heterocycles. The van der Waals surface area contributed by atoms with Gasteiger partial charge in [-0.3, -0.25) is 14.6 Å². The summed E-state index contributed by atoms with van der Waals surface area (Å²) in [6.07, 6.45) is 2.37. The van der Waals surface area contributed by atoms with Crippen LogP contribution in [-0.4, -0.2) is 50.1 Å². The Morgan fingerprint density at radius 1 is 1.43 bits per heavy atom. The zero-order chi connectivity index (χ0) is 15.1. The van der Waals surface area contributed by atoms with Gasteiger partial charge in [0.1, 0.15) is 6.54 Å². The summed E-state index contributed by atoms with van der Waals surface area (Å²) in [6, 6.07) is 11.9. The standard InChI is InChI=1S/C16H22N4O/c1-19(12-14-6-5-10-18-14)13-16(21)20(11-9-17)15-7-3-2-4-8-15/h2-4,7-8,14,18H,5-6,10-13H2,1H3. The van der Waals surface area contributed by atoms with Crippen molar-refractivity contribution >= 4 is 11.6 Å². The predicted octanol–water partition coefficient (Wildman–Crippen LogP) is 1.23. The number of rotatable bonds is 6. The number of hydrogen-bond acceptors (Lipinski definition) is 4. The highest BCUT2D eigenvalue weighted by Crippen LogP contribution is 2.13. The van der Waals surface area contributed by atoms with Crippen molar-refractivity contribution in [2.24, 2.45) is 0 Å². The Hall–Kier alpha value is -1.90. The lowest BCUT2D eigenvalue weighted by atomic mass is 10.2. The van der Waals surface area contributed by atoms with Crippen molar-refractivity contribution in [3.05, 3.63) is 30.3 Å². The van der Waals surface area contributed by atoms with Gasteiger partial charge in [0, 0.05) is 18.3 Å². The molecule has 1 aliphatic rings. The minimum absolute atomic E-state index is 0.0387. The van der Waals surface area contributed by atoms with E-state index in [4.69, 9.17) is 5.26 Å². The van der Waals surface area contributed by atoms with Gasteiger partial charge in [0.15, 0.2) is 0 Å². The van der Waals surface area contributed by atoms with E-state index in [2.05, 4.69) is 11.4 Å². The molecule has 1 aromatic rings. The third-order valence-corrected chi connectivity index (χ3v) is 3.70. The van der Waals surface area contributed by atoms with E-state index in [1.807, 2.05) is 42.3 Å². The fraction of sp³-hybridized carbons (Fsp3) is 0.500. The van der Waals surface area contributed by atoms with Crippen LogP contribution in [-0.2, 0) is 4.79 Å². The second-order valence-corrected chi connectivity index (χ2v) is 5.46. The lowest BCUT2D eigenvalue weighted by Crippen LogP contribution is -2.43. The normalized spacial score (nSPS) is 17.7. The molecule has 1 fully saturated rings. The van der Waals surface area contributed by atoms with E-state index in [1.165, 1.54) is 12.8 Å². The molecule has 1 N–H and O–H groups in total. The topological polar surface area (TPSA) is 59.4 Å². The maximum absolute atomic E-state index is 12.4. The summed E-state index contributed by atoms with van der Waals surface area (Å²) >= 11 is 0. The number of nitrogens with zero attached hydrogens (tertiary/aromatic N) is 3. The maximum atomic E-state index is 12.4. The van der Waals surface area contributed by atoms with Crippen LogP contribution in [0.1, 0.15) is 12.8 Å². The number of nitrogens with one attached hydrogen (secondary N) is 1. The number of amides is 1. The van der Waals surface area contributed by atoms with Crippen LogP contribution in [0.4, 0.5) is 5.69 Å². The number of para-hydroxylation sites is 1. The number of carbonyl (C=O) groups excluding carboxylic acids is 1. The molecule has 1 amide bonds. The van der Waals surface area contributed by atoms with Crippen LogP contribution in [0.3, 0.4) is 0 Å². The average Bonchev–Trinajstić information content (AvgIpc) is 2.98. The van der Waals surface area contributed by atoms with Gasteiger partial charge in [-0.05, 0) is 38.6 Å². The van der Waals surface area contributed by atoms with Gasteiger partial charge in [0.2, 0.25) is 5.91 Å². The number of hydrogen-bond donors (Lipinski definition) is 1.